The SMILES string of the molecule is c1ccc(-c2ccccc2N(c2ccccc2)c2ccc3sc4c(C5(c6ccccc6)c6ccccc6-c6ccccc65)cccc4c3c2)cc1. The quantitative estimate of drug-likeness (QED) is 0.171. The van der Waals surface area contributed by atoms with Crippen LogP contribution in [0.3, 0.4) is 0 Å². The van der Waals surface area contributed by atoms with Gasteiger partial charge in [0, 0.05) is 37.1 Å². The van der Waals surface area contributed by atoms with Gasteiger partial charge in [-0.15, -0.1) is 11.3 Å². The van der Waals surface area contributed by atoms with Crippen molar-refractivity contribution in [3.8, 4) is 22.3 Å². The van der Waals surface area contributed by atoms with Gasteiger partial charge in [-0.3, -0.25) is 0 Å². The first kappa shape index (κ1) is 29.7. The van der Waals surface area contributed by atoms with Gasteiger partial charge in [0.05, 0.1) is 11.1 Å². The molecule has 1 heterocycles. The monoisotopic (exact) mass is 667 g/mol. The highest BCUT2D eigenvalue weighted by atomic mass is 32.1. The molecule has 0 unspecified atom stereocenters. The number of thiophene rings is 1. The summed E-state index contributed by atoms with van der Waals surface area (Å²) >= 11 is 1.91. The fourth-order valence-electron chi connectivity index (χ4n) is 8.44. The fraction of sp³-hybridized carbons (Fsp3) is 0.0204. The molecule has 8 aromatic carbocycles. The number of benzene rings is 8. The smallest absolute Gasteiger partial charge is 0.0727 e. The van der Waals surface area contributed by atoms with Crippen LogP contribution in [-0.4, -0.2) is 0 Å². The molecule has 0 radical (unpaired) electrons. The van der Waals surface area contributed by atoms with Crippen LogP contribution in [0.1, 0.15) is 22.3 Å². The third kappa shape index (κ3) is 4.54. The molecule has 10 rings (SSSR count). The standard InChI is InChI=1S/C49H33NS/c1-4-17-34(18-5-1)38-23-12-15-30-46(38)50(36-21-8-3-9-22-36)37-31-32-47-42(33-37)41-26-16-29-45(48(41)51-47)49(35-19-6-2-7-20-35)43-27-13-10-24-39(43)40-25-11-14-28-44(40)49/h1-33H. The van der Waals surface area contributed by atoms with E-state index >= 15 is 0 Å². The second-order valence-corrected chi connectivity index (χ2v) is 14.3. The number of hydrogen-bond donors (Lipinski definition) is 0. The Bertz CT molecular complexity index is 2650. The summed E-state index contributed by atoms with van der Waals surface area (Å²) in [5.74, 6) is 0. The van der Waals surface area contributed by atoms with E-state index in [0.717, 1.165) is 17.1 Å². The van der Waals surface area contributed by atoms with Gasteiger partial charge >= 0.3 is 0 Å². The van der Waals surface area contributed by atoms with E-state index in [0.29, 0.717) is 0 Å². The summed E-state index contributed by atoms with van der Waals surface area (Å²) in [5.41, 5.74) is 13.3. The minimum atomic E-state index is -0.442. The van der Waals surface area contributed by atoms with Gasteiger partial charge in [-0.2, -0.15) is 0 Å². The Hall–Kier alpha value is -6.22. The molecule has 1 aromatic heterocycles. The summed E-state index contributed by atoms with van der Waals surface area (Å²) in [6.45, 7) is 0. The molecule has 0 saturated heterocycles. The molecule has 0 N–H and O–H groups in total. The van der Waals surface area contributed by atoms with E-state index in [2.05, 4.69) is 205 Å². The summed E-state index contributed by atoms with van der Waals surface area (Å²) < 4.78 is 2.62. The summed E-state index contributed by atoms with van der Waals surface area (Å²) in [6, 6.07) is 73.3. The first-order chi connectivity index (χ1) is 25.3. The van der Waals surface area contributed by atoms with Crippen LogP contribution in [0.25, 0.3) is 42.4 Å². The first-order valence-electron chi connectivity index (χ1n) is 17.5. The minimum Gasteiger partial charge on any atom is -0.310 e. The van der Waals surface area contributed by atoms with Crippen molar-refractivity contribution in [2.75, 3.05) is 4.90 Å². The van der Waals surface area contributed by atoms with Crippen LogP contribution in [0, 0.1) is 0 Å². The number of nitrogens with zero attached hydrogens (tertiary/aromatic N) is 1. The topological polar surface area (TPSA) is 3.24 Å². The predicted octanol–water partition coefficient (Wildman–Crippen LogP) is 13.6. The Morgan fingerprint density at radius 1 is 0.392 bits per heavy atom. The molecule has 0 atom stereocenters. The van der Waals surface area contributed by atoms with Crippen LogP contribution in [0.2, 0.25) is 0 Å². The Kier molecular flexibility index (Phi) is 6.97. The fourth-order valence-corrected chi connectivity index (χ4v) is 9.69. The zero-order chi connectivity index (χ0) is 33.8. The van der Waals surface area contributed by atoms with Crippen molar-refractivity contribution in [2.45, 2.75) is 5.41 Å². The van der Waals surface area contributed by atoms with Crippen LogP contribution in [0.4, 0.5) is 17.1 Å². The molecule has 2 heteroatoms. The van der Waals surface area contributed by atoms with Gasteiger partial charge < -0.3 is 4.90 Å². The van der Waals surface area contributed by atoms with E-state index in [-0.39, 0.29) is 0 Å². The van der Waals surface area contributed by atoms with Gasteiger partial charge in [0.1, 0.15) is 0 Å². The third-order valence-electron chi connectivity index (χ3n) is 10.5. The first-order valence-corrected chi connectivity index (χ1v) is 18.3. The molecule has 0 bridgehead atoms. The molecule has 240 valence electrons. The highest BCUT2D eigenvalue weighted by Crippen LogP contribution is 2.58. The second-order valence-electron chi connectivity index (χ2n) is 13.2. The van der Waals surface area contributed by atoms with E-state index in [4.69, 9.17) is 0 Å². The van der Waals surface area contributed by atoms with Crippen LogP contribution in [0.5, 0.6) is 0 Å². The largest absolute Gasteiger partial charge is 0.310 e. The Morgan fingerprint density at radius 3 is 1.67 bits per heavy atom. The van der Waals surface area contributed by atoms with Gasteiger partial charge in [-0.25, -0.2) is 0 Å². The number of fused-ring (bicyclic) bond motifs is 6. The number of para-hydroxylation sites is 2. The van der Waals surface area contributed by atoms with Crippen LogP contribution < -0.4 is 4.90 Å². The van der Waals surface area contributed by atoms with Crippen molar-refractivity contribution in [1.29, 1.82) is 0 Å². The number of anilines is 3. The van der Waals surface area contributed by atoms with Gasteiger partial charge in [0.2, 0.25) is 0 Å². The van der Waals surface area contributed by atoms with Gasteiger partial charge in [-0.05, 0) is 75.3 Å². The van der Waals surface area contributed by atoms with Crippen molar-refractivity contribution in [2.24, 2.45) is 0 Å². The average molecular weight is 668 g/mol. The van der Waals surface area contributed by atoms with Crippen molar-refractivity contribution in [3.63, 3.8) is 0 Å². The van der Waals surface area contributed by atoms with Crippen LogP contribution in [0.15, 0.2) is 200 Å². The van der Waals surface area contributed by atoms with E-state index in [1.807, 2.05) is 11.3 Å². The highest BCUT2D eigenvalue weighted by Gasteiger charge is 2.46. The Labute approximate surface area is 302 Å². The molecule has 0 spiro atoms. The molecule has 1 aliphatic rings. The molecular weight excluding hydrogens is 635 g/mol. The lowest BCUT2D eigenvalue weighted by molar-refractivity contribution is 0.778. The van der Waals surface area contributed by atoms with E-state index in [1.54, 1.807) is 0 Å². The Morgan fingerprint density at radius 2 is 0.961 bits per heavy atom. The van der Waals surface area contributed by atoms with Gasteiger partial charge in [0.15, 0.2) is 0 Å². The lowest BCUT2D eigenvalue weighted by atomic mass is 9.67. The summed E-state index contributed by atoms with van der Waals surface area (Å²) in [4.78, 5) is 2.41. The molecule has 0 saturated carbocycles. The number of hydrogen-bond acceptors (Lipinski definition) is 2. The van der Waals surface area contributed by atoms with Gasteiger partial charge in [0.25, 0.3) is 0 Å². The maximum atomic E-state index is 2.41. The van der Waals surface area contributed by atoms with Crippen molar-refractivity contribution in [3.05, 3.63) is 222 Å². The molecule has 1 nitrogen and oxygen atoms in total. The van der Waals surface area contributed by atoms with Crippen LogP contribution >= 0.6 is 11.3 Å². The maximum absolute atomic E-state index is 2.41. The van der Waals surface area contributed by atoms with Gasteiger partial charge in [-0.1, -0.05) is 164 Å². The number of rotatable bonds is 6. The van der Waals surface area contributed by atoms with Crippen molar-refractivity contribution < 1.29 is 0 Å². The summed E-state index contributed by atoms with van der Waals surface area (Å²) in [5, 5.41) is 2.56. The predicted molar refractivity (Wildman–Crippen MR) is 217 cm³/mol. The zero-order valence-electron chi connectivity index (χ0n) is 27.9. The molecular formula is C49H33NS. The van der Waals surface area contributed by atoms with E-state index in [9.17, 15) is 0 Å². The summed E-state index contributed by atoms with van der Waals surface area (Å²) in [7, 11) is 0. The van der Waals surface area contributed by atoms with Crippen molar-refractivity contribution in [1.82, 2.24) is 0 Å². The molecule has 0 fully saturated rings. The average Bonchev–Trinajstić information content (AvgIpc) is 3.73. The lowest BCUT2D eigenvalue weighted by Crippen LogP contribution is -2.28. The minimum absolute atomic E-state index is 0.442. The zero-order valence-corrected chi connectivity index (χ0v) is 28.7. The summed E-state index contributed by atoms with van der Waals surface area (Å²) in [6.07, 6.45) is 0. The van der Waals surface area contributed by atoms with Crippen molar-refractivity contribution >= 4 is 48.6 Å². The van der Waals surface area contributed by atoms with E-state index < -0.39 is 5.41 Å². The molecule has 1 aliphatic carbocycles. The molecule has 51 heavy (non-hydrogen) atoms. The molecule has 9 aromatic rings. The molecule has 0 amide bonds. The maximum Gasteiger partial charge on any atom is 0.0727 e. The lowest BCUT2D eigenvalue weighted by Gasteiger charge is -2.34. The highest BCUT2D eigenvalue weighted by molar-refractivity contribution is 7.26. The Balaban J connectivity index is 1.23. The normalized spacial score (nSPS) is 12.9. The molecule has 0 aliphatic heterocycles. The van der Waals surface area contributed by atoms with Crippen LogP contribution in [-0.2, 0) is 5.41 Å². The second kappa shape index (κ2) is 12.0. The van der Waals surface area contributed by atoms with E-state index in [1.165, 1.54) is 64.7 Å². The third-order valence-corrected chi connectivity index (χ3v) is 11.8.